The molecule has 0 aliphatic carbocycles. The number of hydrazine groups is 1. The van der Waals surface area contributed by atoms with Crippen molar-refractivity contribution in [2.24, 2.45) is 10.9 Å². The standard InChI is InChI=1S/C11H13N5O4/c12-14-10(17)5-6-11(18)15-13-7-8-3-1-2-4-9(8)16(19)20/h1-4,7H,5-6,12H2,(H,14,17)(H,15,18)/b13-7+. The van der Waals surface area contributed by atoms with Crippen LogP contribution in [0.15, 0.2) is 29.4 Å². The second-order valence-electron chi connectivity index (χ2n) is 3.68. The Hall–Kier alpha value is -2.81. The van der Waals surface area contributed by atoms with Crippen LogP contribution in [0.4, 0.5) is 5.69 Å². The molecule has 0 aliphatic rings. The zero-order chi connectivity index (χ0) is 15.0. The van der Waals surface area contributed by atoms with Gasteiger partial charge in [0, 0.05) is 18.9 Å². The molecule has 1 aromatic rings. The van der Waals surface area contributed by atoms with Gasteiger partial charge in [0.1, 0.15) is 0 Å². The summed E-state index contributed by atoms with van der Waals surface area (Å²) in [5.74, 6) is 3.89. The minimum Gasteiger partial charge on any atom is -0.294 e. The molecule has 0 spiro atoms. The molecular weight excluding hydrogens is 266 g/mol. The number of hydrogen-bond acceptors (Lipinski definition) is 6. The highest BCUT2D eigenvalue weighted by atomic mass is 16.6. The predicted octanol–water partition coefficient (Wildman–Crippen LogP) is -0.185. The van der Waals surface area contributed by atoms with E-state index in [1.165, 1.54) is 24.4 Å². The molecule has 0 atom stereocenters. The summed E-state index contributed by atoms with van der Waals surface area (Å²) in [7, 11) is 0. The molecule has 0 bridgehead atoms. The van der Waals surface area contributed by atoms with Crippen molar-refractivity contribution >= 4 is 23.7 Å². The Bertz CT molecular complexity index is 543. The molecule has 106 valence electrons. The number of amides is 2. The van der Waals surface area contributed by atoms with Crippen LogP contribution >= 0.6 is 0 Å². The van der Waals surface area contributed by atoms with Gasteiger partial charge < -0.3 is 0 Å². The van der Waals surface area contributed by atoms with Gasteiger partial charge >= 0.3 is 0 Å². The molecule has 4 N–H and O–H groups in total. The number of carbonyl (C=O) groups is 2. The second-order valence-corrected chi connectivity index (χ2v) is 3.68. The number of nitrogens with one attached hydrogen (secondary N) is 2. The summed E-state index contributed by atoms with van der Waals surface area (Å²) in [6.07, 6.45) is 1.01. The van der Waals surface area contributed by atoms with Gasteiger partial charge in [-0.3, -0.25) is 25.1 Å². The van der Waals surface area contributed by atoms with Gasteiger partial charge in [-0.25, -0.2) is 11.3 Å². The van der Waals surface area contributed by atoms with Crippen LogP contribution in [0.5, 0.6) is 0 Å². The maximum atomic E-state index is 11.3. The second kappa shape index (κ2) is 7.59. The zero-order valence-corrected chi connectivity index (χ0v) is 10.4. The molecule has 0 saturated carbocycles. The number of hydrogen-bond donors (Lipinski definition) is 3. The Morgan fingerprint density at radius 2 is 1.95 bits per heavy atom. The smallest absolute Gasteiger partial charge is 0.278 e. The molecule has 0 heterocycles. The van der Waals surface area contributed by atoms with E-state index in [2.05, 4.69) is 10.5 Å². The largest absolute Gasteiger partial charge is 0.294 e. The summed E-state index contributed by atoms with van der Waals surface area (Å²) in [5.41, 5.74) is 4.20. The lowest BCUT2D eigenvalue weighted by Gasteiger charge is -1.99. The first-order valence-corrected chi connectivity index (χ1v) is 5.59. The van der Waals surface area contributed by atoms with Crippen LogP contribution in [-0.2, 0) is 9.59 Å². The number of nitrogens with two attached hydrogens (primary N) is 1. The monoisotopic (exact) mass is 279 g/mol. The van der Waals surface area contributed by atoms with Crippen molar-refractivity contribution < 1.29 is 14.5 Å². The van der Waals surface area contributed by atoms with Gasteiger partial charge in [-0.05, 0) is 6.07 Å². The van der Waals surface area contributed by atoms with Crippen LogP contribution in [0.1, 0.15) is 18.4 Å². The van der Waals surface area contributed by atoms with Gasteiger partial charge in [0.15, 0.2) is 0 Å². The minimum atomic E-state index is -0.547. The number of para-hydroxylation sites is 1. The summed E-state index contributed by atoms with van der Waals surface area (Å²) >= 11 is 0. The lowest BCUT2D eigenvalue weighted by molar-refractivity contribution is -0.385. The number of nitrogens with zero attached hydrogens (tertiary/aromatic N) is 2. The van der Waals surface area contributed by atoms with Crippen molar-refractivity contribution in [1.82, 2.24) is 10.9 Å². The van der Waals surface area contributed by atoms with E-state index in [0.29, 0.717) is 0 Å². The van der Waals surface area contributed by atoms with Crippen LogP contribution in [0.25, 0.3) is 0 Å². The van der Waals surface area contributed by atoms with Gasteiger partial charge in [0.25, 0.3) is 5.69 Å². The Morgan fingerprint density at radius 3 is 2.60 bits per heavy atom. The van der Waals surface area contributed by atoms with E-state index in [4.69, 9.17) is 5.84 Å². The average Bonchev–Trinajstić information content (AvgIpc) is 2.45. The van der Waals surface area contributed by atoms with E-state index in [1.54, 1.807) is 6.07 Å². The molecule has 20 heavy (non-hydrogen) atoms. The molecule has 0 saturated heterocycles. The Kier molecular flexibility index (Phi) is 5.78. The van der Waals surface area contributed by atoms with Crippen molar-refractivity contribution in [1.29, 1.82) is 0 Å². The zero-order valence-electron chi connectivity index (χ0n) is 10.4. The molecular formula is C11H13N5O4. The first-order chi connectivity index (χ1) is 9.54. The van der Waals surface area contributed by atoms with Crippen LogP contribution in [0.3, 0.4) is 0 Å². The third-order valence-corrected chi connectivity index (χ3v) is 2.27. The molecule has 1 rings (SSSR count). The van der Waals surface area contributed by atoms with Gasteiger partial charge in [-0.1, -0.05) is 12.1 Å². The van der Waals surface area contributed by atoms with Crippen LogP contribution in [-0.4, -0.2) is 23.0 Å². The maximum absolute atomic E-state index is 11.3. The molecule has 0 radical (unpaired) electrons. The minimum absolute atomic E-state index is 0.0661. The van der Waals surface area contributed by atoms with Gasteiger partial charge in [0.2, 0.25) is 11.8 Å². The predicted molar refractivity (Wildman–Crippen MR) is 70.4 cm³/mol. The number of rotatable bonds is 6. The molecule has 9 heteroatoms. The van der Waals surface area contributed by atoms with Crippen LogP contribution < -0.4 is 16.7 Å². The lowest BCUT2D eigenvalue weighted by Crippen LogP contribution is -2.31. The molecule has 9 nitrogen and oxygen atoms in total. The number of nitro groups is 1. The van der Waals surface area contributed by atoms with E-state index in [1.807, 2.05) is 5.43 Å². The Morgan fingerprint density at radius 1 is 1.30 bits per heavy atom. The van der Waals surface area contributed by atoms with Gasteiger partial charge in [-0.15, -0.1) is 0 Å². The normalized spacial score (nSPS) is 10.2. The lowest BCUT2D eigenvalue weighted by atomic mass is 10.2. The summed E-state index contributed by atoms with van der Waals surface area (Å²) in [5, 5.41) is 14.3. The highest BCUT2D eigenvalue weighted by molar-refractivity contribution is 5.87. The van der Waals surface area contributed by atoms with Crippen molar-refractivity contribution in [3.05, 3.63) is 39.9 Å². The molecule has 0 unspecified atom stereocenters. The Balaban J connectivity index is 2.55. The molecule has 0 aliphatic heterocycles. The third kappa shape index (κ3) is 4.82. The third-order valence-electron chi connectivity index (χ3n) is 2.27. The number of nitro benzene ring substituents is 1. The highest BCUT2D eigenvalue weighted by Crippen LogP contribution is 2.14. The molecule has 2 amide bonds. The quantitative estimate of drug-likeness (QED) is 0.218. The summed E-state index contributed by atoms with van der Waals surface area (Å²) in [6, 6.07) is 5.96. The Labute approximate surface area is 114 Å². The number of carbonyl (C=O) groups excluding carboxylic acids is 2. The maximum Gasteiger partial charge on any atom is 0.278 e. The van der Waals surface area contributed by atoms with Crippen molar-refractivity contribution in [3.63, 3.8) is 0 Å². The molecule has 1 aromatic carbocycles. The van der Waals surface area contributed by atoms with Crippen LogP contribution in [0.2, 0.25) is 0 Å². The SMILES string of the molecule is NNC(=O)CCC(=O)N/N=C/c1ccccc1[N+](=O)[O-]. The highest BCUT2D eigenvalue weighted by Gasteiger charge is 2.10. The number of benzene rings is 1. The van der Waals surface area contributed by atoms with Crippen molar-refractivity contribution in [2.45, 2.75) is 12.8 Å². The fourth-order valence-corrected chi connectivity index (χ4v) is 1.29. The van der Waals surface area contributed by atoms with E-state index >= 15 is 0 Å². The topological polar surface area (TPSA) is 140 Å². The fraction of sp³-hybridized carbons (Fsp3) is 0.182. The van der Waals surface area contributed by atoms with Gasteiger partial charge in [0.05, 0.1) is 16.7 Å². The first-order valence-electron chi connectivity index (χ1n) is 5.59. The molecule has 0 aromatic heterocycles. The van der Waals surface area contributed by atoms with E-state index in [0.717, 1.165) is 0 Å². The average molecular weight is 279 g/mol. The summed E-state index contributed by atoms with van der Waals surface area (Å²) in [6.45, 7) is 0. The first kappa shape index (κ1) is 15.2. The van der Waals surface area contributed by atoms with E-state index in [-0.39, 0.29) is 24.1 Å². The van der Waals surface area contributed by atoms with Crippen molar-refractivity contribution in [2.75, 3.05) is 0 Å². The van der Waals surface area contributed by atoms with Crippen LogP contribution in [0, 0.1) is 10.1 Å². The van der Waals surface area contributed by atoms with Crippen molar-refractivity contribution in [3.8, 4) is 0 Å². The number of hydrazone groups is 1. The molecule has 0 fully saturated rings. The summed E-state index contributed by atoms with van der Waals surface area (Å²) < 4.78 is 0. The summed E-state index contributed by atoms with van der Waals surface area (Å²) in [4.78, 5) is 32.3. The van der Waals surface area contributed by atoms with E-state index < -0.39 is 16.7 Å². The van der Waals surface area contributed by atoms with Gasteiger partial charge in [-0.2, -0.15) is 5.10 Å². The fourth-order valence-electron chi connectivity index (χ4n) is 1.29. The van der Waals surface area contributed by atoms with E-state index in [9.17, 15) is 19.7 Å².